The predicted octanol–water partition coefficient (Wildman–Crippen LogP) is 5.64. The van der Waals surface area contributed by atoms with Crippen molar-refractivity contribution >= 4 is 5.57 Å². The summed E-state index contributed by atoms with van der Waals surface area (Å²) in [6, 6.07) is 3.84. The van der Waals surface area contributed by atoms with Crippen LogP contribution in [0.5, 0.6) is 0 Å². The molecule has 20 heavy (non-hydrogen) atoms. The number of hydrogen-bond acceptors (Lipinski definition) is 0. The van der Waals surface area contributed by atoms with Gasteiger partial charge in [-0.2, -0.15) is 0 Å². The monoisotopic (exact) mass is 270 g/mol. The Labute approximate surface area is 121 Å². The molecule has 3 rings (SSSR count). The van der Waals surface area contributed by atoms with Gasteiger partial charge in [0.2, 0.25) is 0 Å². The van der Waals surface area contributed by atoms with Gasteiger partial charge in [-0.1, -0.05) is 18.7 Å². The van der Waals surface area contributed by atoms with E-state index >= 15 is 0 Å². The highest BCUT2D eigenvalue weighted by molar-refractivity contribution is 5.63. The van der Waals surface area contributed by atoms with Gasteiger partial charge in [-0.3, -0.25) is 0 Å². The topological polar surface area (TPSA) is 0 Å². The summed E-state index contributed by atoms with van der Waals surface area (Å²) in [5.41, 5.74) is 4.15. The second-order valence-corrected chi connectivity index (χ2v) is 6.39. The number of halogens is 1. The molecule has 0 nitrogen and oxygen atoms in total. The summed E-state index contributed by atoms with van der Waals surface area (Å²) in [7, 11) is 0. The van der Waals surface area contributed by atoms with Crippen LogP contribution in [0.4, 0.5) is 4.39 Å². The maximum absolute atomic E-state index is 14.2. The molecule has 1 unspecified atom stereocenters. The third-order valence-electron chi connectivity index (χ3n) is 4.60. The molecule has 0 heterocycles. The first kappa shape index (κ1) is 13.6. The first-order valence-corrected chi connectivity index (χ1v) is 7.80. The molecule has 1 aromatic carbocycles. The summed E-state index contributed by atoms with van der Waals surface area (Å²) in [4.78, 5) is 0. The average Bonchev–Trinajstić information content (AvgIpc) is 3.12. The van der Waals surface area contributed by atoms with Gasteiger partial charge in [0, 0.05) is 5.56 Å². The largest absolute Gasteiger partial charge is 0.206 e. The second kappa shape index (κ2) is 5.55. The lowest BCUT2D eigenvalue weighted by Gasteiger charge is -2.14. The van der Waals surface area contributed by atoms with Crippen LogP contribution in [0.1, 0.15) is 61.6 Å². The van der Waals surface area contributed by atoms with Crippen molar-refractivity contribution in [2.75, 3.05) is 0 Å². The number of aryl methyl sites for hydroxylation is 1. The van der Waals surface area contributed by atoms with Gasteiger partial charge in [-0.05, 0) is 86.1 Å². The summed E-state index contributed by atoms with van der Waals surface area (Å²) < 4.78 is 14.2. The molecular formula is C19H23F. The van der Waals surface area contributed by atoms with Crippen LogP contribution in [-0.4, -0.2) is 0 Å². The van der Waals surface area contributed by atoms with E-state index in [2.05, 4.69) is 24.8 Å². The van der Waals surface area contributed by atoms with Gasteiger partial charge in [-0.25, -0.2) is 4.39 Å². The van der Waals surface area contributed by atoms with Crippen LogP contribution in [0.3, 0.4) is 0 Å². The van der Waals surface area contributed by atoms with Crippen molar-refractivity contribution in [2.24, 2.45) is 5.92 Å². The molecule has 2 aliphatic carbocycles. The van der Waals surface area contributed by atoms with Gasteiger partial charge in [0.25, 0.3) is 0 Å². The highest BCUT2D eigenvalue weighted by atomic mass is 19.1. The van der Waals surface area contributed by atoms with Gasteiger partial charge >= 0.3 is 0 Å². The third kappa shape index (κ3) is 2.87. The summed E-state index contributed by atoms with van der Waals surface area (Å²) in [6.07, 6.45) is 11.8. The van der Waals surface area contributed by atoms with Gasteiger partial charge in [0.15, 0.2) is 0 Å². The maximum atomic E-state index is 14.2. The number of rotatable bonds is 5. The molecule has 0 radical (unpaired) electrons. The Bertz CT molecular complexity index is 549. The second-order valence-electron chi connectivity index (χ2n) is 6.39. The van der Waals surface area contributed by atoms with E-state index in [4.69, 9.17) is 0 Å². The Morgan fingerprint density at radius 2 is 2.10 bits per heavy atom. The van der Waals surface area contributed by atoms with Crippen molar-refractivity contribution in [1.82, 2.24) is 0 Å². The van der Waals surface area contributed by atoms with E-state index in [1.165, 1.54) is 36.8 Å². The fraction of sp³-hybridized carbons (Fsp3) is 0.474. The summed E-state index contributed by atoms with van der Waals surface area (Å²) >= 11 is 0. The lowest BCUT2D eigenvalue weighted by Crippen LogP contribution is -2.01. The van der Waals surface area contributed by atoms with E-state index in [9.17, 15) is 4.39 Å². The van der Waals surface area contributed by atoms with Crippen molar-refractivity contribution in [3.05, 3.63) is 53.4 Å². The fourth-order valence-corrected chi connectivity index (χ4v) is 3.23. The molecule has 106 valence electrons. The molecule has 1 atom stereocenters. The molecule has 1 heteroatoms. The molecule has 0 aliphatic heterocycles. The smallest absolute Gasteiger partial charge is 0.130 e. The van der Waals surface area contributed by atoms with Crippen molar-refractivity contribution < 1.29 is 4.39 Å². The minimum atomic E-state index is -0.0983. The summed E-state index contributed by atoms with van der Waals surface area (Å²) in [5.74, 6) is 1.27. The van der Waals surface area contributed by atoms with E-state index in [0.29, 0.717) is 17.4 Å². The molecule has 1 aromatic rings. The molecule has 1 saturated carbocycles. The SMILES string of the molecule is C=C(C)c1cc(C2CC2)c(CCC2C=CCC2)cc1F. The van der Waals surface area contributed by atoms with Crippen LogP contribution in [0, 0.1) is 11.7 Å². The molecule has 1 fully saturated rings. The van der Waals surface area contributed by atoms with Gasteiger partial charge in [-0.15, -0.1) is 0 Å². The molecule has 0 amide bonds. The predicted molar refractivity (Wildman–Crippen MR) is 83.3 cm³/mol. The Kier molecular flexibility index (Phi) is 3.78. The minimum Gasteiger partial charge on any atom is -0.206 e. The van der Waals surface area contributed by atoms with Crippen LogP contribution in [-0.2, 0) is 6.42 Å². The average molecular weight is 270 g/mol. The number of benzene rings is 1. The number of allylic oxidation sites excluding steroid dienone is 3. The van der Waals surface area contributed by atoms with E-state index in [0.717, 1.165) is 18.4 Å². The zero-order valence-electron chi connectivity index (χ0n) is 12.3. The highest BCUT2D eigenvalue weighted by Gasteiger charge is 2.27. The van der Waals surface area contributed by atoms with E-state index in [1.54, 1.807) is 6.07 Å². The maximum Gasteiger partial charge on any atom is 0.130 e. The fourth-order valence-electron chi connectivity index (χ4n) is 3.23. The zero-order valence-corrected chi connectivity index (χ0v) is 12.3. The quantitative estimate of drug-likeness (QED) is 0.608. The van der Waals surface area contributed by atoms with Gasteiger partial charge < -0.3 is 0 Å². The van der Waals surface area contributed by atoms with E-state index in [-0.39, 0.29) is 5.82 Å². The van der Waals surface area contributed by atoms with Crippen LogP contribution in [0.15, 0.2) is 30.9 Å². The van der Waals surface area contributed by atoms with Crippen molar-refractivity contribution in [3.63, 3.8) is 0 Å². The van der Waals surface area contributed by atoms with E-state index in [1.807, 2.05) is 6.92 Å². The van der Waals surface area contributed by atoms with Gasteiger partial charge in [0.05, 0.1) is 0 Å². The first-order chi connectivity index (χ1) is 9.65. The molecule has 0 saturated heterocycles. The summed E-state index contributed by atoms with van der Waals surface area (Å²) in [6.45, 7) is 5.78. The number of hydrogen-bond donors (Lipinski definition) is 0. The molecule has 0 spiro atoms. The highest BCUT2D eigenvalue weighted by Crippen LogP contribution is 2.43. The molecule has 0 aromatic heterocycles. The Morgan fingerprint density at radius 1 is 1.30 bits per heavy atom. The first-order valence-electron chi connectivity index (χ1n) is 7.80. The van der Waals surface area contributed by atoms with E-state index < -0.39 is 0 Å². The minimum absolute atomic E-state index is 0.0983. The molecular weight excluding hydrogens is 247 g/mol. The van der Waals surface area contributed by atoms with Crippen molar-refractivity contribution in [2.45, 2.75) is 51.4 Å². The standard InChI is InChI=1S/C19H23F/c1-13(2)17-12-18(15-9-10-15)16(11-19(17)20)8-7-14-5-3-4-6-14/h3,5,11-12,14-15H,1,4,6-10H2,2H3. The van der Waals surface area contributed by atoms with Crippen LogP contribution in [0.2, 0.25) is 0 Å². The molecule has 2 aliphatic rings. The normalized spacial score (nSPS) is 21.4. The molecule has 0 N–H and O–H groups in total. The van der Waals surface area contributed by atoms with Crippen LogP contribution < -0.4 is 0 Å². The van der Waals surface area contributed by atoms with Crippen molar-refractivity contribution in [1.29, 1.82) is 0 Å². The van der Waals surface area contributed by atoms with Crippen molar-refractivity contribution in [3.8, 4) is 0 Å². The van der Waals surface area contributed by atoms with Crippen LogP contribution in [0.25, 0.3) is 5.57 Å². The Balaban J connectivity index is 1.82. The summed E-state index contributed by atoms with van der Waals surface area (Å²) in [5, 5.41) is 0. The third-order valence-corrected chi connectivity index (χ3v) is 4.60. The zero-order chi connectivity index (χ0) is 14.1. The van der Waals surface area contributed by atoms with Gasteiger partial charge in [0.1, 0.15) is 5.82 Å². The lowest BCUT2D eigenvalue weighted by molar-refractivity contribution is 0.572. The Hall–Kier alpha value is -1.37. The lowest BCUT2D eigenvalue weighted by atomic mass is 9.91. The Morgan fingerprint density at radius 3 is 2.70 bits per heavy atom. The van der Waals surface area contributed by atoms with Crippen LogP contribution >= 0.6 is 0 Å². The molecule has 0 bridgehead atoms.